The maximum atomic E-state index is 13.5. The minimum absolute atomic E-state index is 0.0277. The third-order valence-electron chi connectivity index (χ3n) is 6.76. The average molecular weight is 479 g/mol. The van der Waals surface area contributed by atoms with E-state index in [1.165, 1.54) is 25.0 Å². The second kappa shape index (κ2) is 7.92. The summed E-state index contributed by atoms with van der Waals surface area (Å²) in [5.41, 5.74) is 1.54. The predicted molar refractivity (Wildman–Crippen MR) is 116 cm³/mol. The van der Waals surface area contributed by atoms with Gasteiger partial charge in [-0.3, -0.25) is 4.79 Å². The Hall–Kier alpha value is -3.24. The number of fused-ring (bicyclic) bond motifs is 1. The largest absolute Gasteiger partial charge is 0.455 e. The van der Waals surface area contributed by atoms with Gasteiger partial charge in [0, 0.05) is 24.2 Å². The Morgan fingerprint density at radius 2 is 1.71 bits per heavy atom. The van der Waals surface area contributed by atoms with Crippen LogP contribution in [0.5, 0.6) is 0 Å². The molecule has 2 aliphatic rings. The molecule has 2 aromatic heterocycles. The molecule has 34 heavy (non-hydrogen) atoms. The van der Waals surface area contributed by atoms with E-state index < -0.39 is 24.6 Å². The van der Waals surface area contributed by atoms with Crippen LogP contribution in [0.25, 0.3) is 11.0 Å². The quantitative estimate of drug-likeness (QED) is 0.507. The standard InChI is InChI=1S/C23H22F5N5O/c24-22(25,23(26,27)28)14-33-19-15(13-29-33)5-6-18(30-19)31-20(34)16-3-1-2-4-17(16)32-11-9-21(7-8-21)10-12-32/h1-6,13H,7-12,14H2,(H,30,31,34). The summed E-state index contributed by atoms with van der Waals surface area (Å²) in [6.07, 6.45) is 0.153. The third kappa shape index (κ3) is 4.19. The Kier molecular flexibility index (Phi) is 5.25. The monoisotopic (exact) mass is 479 g/mol. The van der Waals surface area contributed by atoms with E-state index in [1.807, 2.05) is 12.1 Å². The Bertz CT molecular complexity index is 1220. The Labute approximate surface area is 191 Å². The molecular weight excluding hydrogens is 457 g/mol. The van der Waals surface area contributed by atoms with Crippen molar-refractivity contribution in [3.8, 4) is 0 Å². The minimum atomic E-state index is -5.71. The lowest BCUT2D eigenvalue weighted by Crippen LogP contribution is -2.40. The molecule has 1 saturated carbocycles. The molecule has 1 N–H and O–H groups in total. The lowest BCUT2D eigenvalue weighted by molar-refractivity contribution is -0.287. The lowest BCUT2D eigenvalue weighted by atomic mass is 9.93. The molecule has 1 spiro atoms. The number of benzene rings is 1. The van der Waals surface area contributed by atoms with Crippen molar-refractivity contribution in [2.45, 2.75) is 44.3 Å². The summed E-state index contributed by atoms with van der Waals surface area (Å²) in [7, 11) is 0. The zero-order chi connectivity index (χ0) is 24.1. The predicted octanol–water partition coefficient (Wildman–Crippen LogP) is 5.26. The van der Waals surface area contributed by atoms with Crippen LogP contribution in [-0.2, 0) is 6.54 Å². The van der Waals surface area contributed by atoms with Gasteiger partial charge in [0.2, 0.25) is 0 Å². The van der Waals surface area contributed by atoms with Crippen LogP contribution in [0.15, 0.2) is 42.6 Å². The molecule has 1 aromatic carbocycles. The van der Waals surface area contributed by atoms with Gasteiger partial charge in [0.15, 0.2) is 5.65 Å². The number of hydrogen-bond acceptors (Lipinski definition) is 4. The smallest absolute Gasteiger partial charge is 0.371 e. The summed E-state index contributed by atoms with van der Waals surface area (Å²) < 4.78 is 65.5. The first-order chi connectivity index (χ1) is 16.1. The number of pyridine rings is 1. The number of amides is 1. The van der Waals surface area contributed by atoms with Crippen molar-refractivity contribution in [1.29, 1.82) is 0 Å². The normalized spacial score (nSPS) is 17.9. The topological polar surface area (TPSA) is 63.1 Å². The number of rotatable bonds is 5. The van der Waals surface area contributed by atoms with Gasteiger partial charge < -0.3 is 10.2 Å². The highest BCUT2D eigenvalue weighted by Crippen LogP contribution is 2.54. The summed E-state index contributed by atoms with van der Waals surface area (Å²) in [6.45, 7) is 0.0197. The molecule has 1 aliphatic heterocycles. The number of hydrogen-bond donors (Lipinski definition) is 1. The first-order valence-corrected chi connectivity index (χ1v) is 11.0. The van der Waals surface area contributed by atoms with Crippen LogP contribution in [0.3, 0.4) is 0 Å². The van der Waals surface area contributed by atoms with Crippen molar-refractivity contribution >= 4 is 28.4 Å². The van der Waals surface area contributed by atoms with Gasteiger partial charge in [-0.05, 0) is 55.4 Å². The van der Waals surface area contributed by atoms with Crippen molar-refractivity contribution in [1.82, 2.24) is 14.8 Å². The van der Waals surface area contributed by atoms with E-state index in [0.29, 0.717) is 15.7 Å². The molecule has 0 radical (unpaired) electrons. The molecule has 1 saturated heterocycles. The van der Waals surface area contributed by atoms with Crippen molar-refractivity contribution < 1.29 is 26.7 Å². The molecule has 0 unspecified atom stereocenters. The van der Waals surface area contributed by atoms with Gasteiger partial charge in [-0.2, -0.15) is 27.1 Å². The average Bonchev–Trinajstić information content (AvgIpc) is 3.44. The molecular formula is C23H22F5N5O. The van der Waals surface area contributed by atoms with E-state index in [-0.39, 0.29) is 16.9 Å². The molecule has 0 bridgehead atoms. The van der Waals surface area contributed by atoms with Gasteiger partial charge in [0.25, 0.3) is 5.91 Å². The molecule has 5 rings (SSSR count). The molecule has 180 valence electrons. The number of carbonyl (C=O) groups is 1. The number of nitrogens with zero attached hydrogens (tertiary/aromatic N) is 4. The molecule has 11 heteroatoms. The molecule has 3 heterocycles. The first-order valence-electron chi connectivity index (χ1n) is 11.0. The highest BCUT2D eigenvalue weighted by molar-refractivity contribution is 6.08. The molecule has 6 nitrogen and oxygen atoms in total. The van der Waals surface area contributed by atoms with E-state index in [2.05, 4.69) is 20.3 Å². The fraction of sp³-hybridized carbons (Fsp3) is 0.435. The zero-order valence-electron chi connectivity index (χ0n) is 18.1. The van der Waals surface area contributed by atoms with Crippen molar-refractivity contribution in [3.63, 3.8) is 0 Å². The summed E-state index contributed by atoms with van der Waals surface area (Å²) >= 11 is 0. The van der Waals surface area contributed by atoms with Gasteiger partial charge in [0.05, 0.1) is 11.8 Å². The Morgan fingerprint density at radius 1 is 1.00 bits per heavy atom. The van der Waals surface area contributed by atoms with E-state index in [0.717, 1.165) is 37.8 Å². The van der Waals surface area contributed by atoms with Crippen LogP contribution in [-0.4, -0.2) is 45.9 Å². The van der Waals surface area contributed by atoms with Crippen molar-refractivity contribution in [3.05, 3.63) is 48.2 Å². The number of alkyl halides is 5. The maximum Gasteiger partial charge on any atom is 0.455 e. The van der Waals surface area contributed by atoms with Crippen LogP contribution in [0.1, 0.15) is 36.0 Å². The summed E-state index contributed by atoms with van der Waals surface area (Å²) in [5.74, 6) is -5.39. The second-order valence-electron chi connectivity index (χ2n) is 9.07. The van der Waals surface area contributed by atoms with Crippen LogP contribution < -0.4 is 10.2 Å². The lowest BCUT2D eigenvalue weighted by Gasteiger charge is -2.34. The number of anilines is 2. The Balaban J connectivity index is 1.36. The van der Waals surface area contributed by atoms with Crippen LogP contribution in [0.4, 0.5) is 33.5 Å². The molecule has 1 aliphatic carbocycles. The number of aromatic nitrogens is 3. The first kappa shape index (κ1) is 22.5. The van der Waals surface area contributed by atoms with Gasteiger partial charge in [-0.25, -0.2) is 9.67 Å². The summed E-state index contributed by atoms with van der Waals surface area (Å²) in [5, 5.41) is 6.54. The summed E-state index contributed by atoms with van der Waals surface area (Å²) in [4.78, 5) is 19.3. The number of carbonyl (C=O) groups excluding carboxylic acids is 1. The van der Waals surface area contributed by atoms with Crippen LogP contribution in [0.2, 0.25) is 0 Å². The van der Waals surface area contributed by atoms with E-state index in [9.17, 15) is 26.7 Å². The van der Waals surface area contributed by atoms with Crippen molar-refractivity contribution in [2.75, 3.05) is 23.3 Å². The third-order valence-corrected chi connectivity index (χ3v) is 6.76. The molecule has 1 amide bonds. The highest BCUT2D eigenvalue weighted by Gasteiger charge is 2.58. The van der Waals surface area contributed by atoms with Crippen molar-refractivity contribution in [2.24, 2.45) is 5.41 Å². The van der Waals surface area contributed by atoms with Crippen LogP contribution in [0, 0.1) is 5.41 Å². The van der Waals surface area contributed by atoms with Gasteiger partial charge in [0.1, 0.15) is 12.4 Å². The molecule has 3 aromatic rings. The number of halogens is 5. The van der Waals surface area contributed by atoms with E-state index in [4.69, 9.17) is 0 Å². The Morgan fingerprint density at radius 3 is 2.38 bits per heavy atom. The highest BCUT2D eigenvalue weighted by atomic mass is 19.4. The van der Waals surface area contributed by atoms with Gasteiger partial charge in [-0.1, -0.05) is 12.1 Å². The second-order valence-corrected chi connectivity index (χ2v) is 9.07. The van der Waals surface area contributed by atoms with Gasteiger partial charge >= 0.3 is 12.1 Å². The minimum Gasteiger partial charge on any atom is -0.371 e. The maximum absolute atomic E-state index is 13.5. The fourth-order valence-corrected chi connectivity index (χ4v) is 4.44. The number of nitrogens with one attached hydrogen (secondary N) is 1. The zero-order valence-corrected chi connectivity index (χ0v) is 18.1. The SMILES string of the molecule is O=C(Nc1ccc2cnn(CC(F)(F)C(F)(F)F)c2n1)c1ccccc1N1CCC2(CC1)CC2. The molecule has 2 fully saturated rings. The van der Waals surface area contributed by atoms with E-state index >= 15 is 0 Å². The number of piperidine rings is 1. The van der Waals surface area contributed by atoms with Crippen LogP contribution >= 0.6 is 0 Å². The molecule has 0 atom stereocenters. The summed E-state index contributed by atoms with van der Waals surface area (Å²) in [6, 6.07) is 10.1. The van der Waals surface area contributed by atoms with Gasteiger partial charge in [-0.15, -0.1) is 0 Å². The fourth-order valence-electron chi connectivity index (χ4n) is 4.44. The number of para-hydroxylation sites is 1. The van der Waals surface area contributed by atoms with E-state index in [1.54, 1.807) is 12.1 Å².